The average molecular weight is 477 g/mol. The van der Waals surface area contributed by atoms with Crippen LogP contribution in [0.1, 0.15) is 45.9 Å². The Morgan fingerprint density at radius 1 is 1.09 bits per heavy atom. The standard InChI is InChI=1S/C27H29FN4O3/c28-21-6-4-18(5-7-21)19-8-13-32(14-9-19)25(34)17-29-24(33)11-15-31-12-10-20-2-1-3-22-26(20)23(31)16-30-27(22)35/h1-8,23H,9-17H2,(H,29,33)(H,30,35). The molecule has 0 saturated carbocycles. The molecule has 0 bridgehead atoms. The summed E-state index contributed by atoms with van der Waals surface area (Å²) in [6, 6.07) is 12.3. The van der Waals surface area contributed by atoms with Crippen molar-refractivity contribution in [2.75, 3.05) is 39.3 Å². The van der Waals surface area contributed by atoms with Crippen LogP contribution in [-0.4, -0.2) is 66.8 Å². The first-order valence-corrected chi connectivity index (χ1v) is 12.1. The maximum absolute atomic E-state index is 13.1. The highest BCUT2D eigenvalue weighted by Gasteiger charge is 2.34. The van der Waals surface area contributed by atoms with E-state index in [-0.39, 0.29) is 36.1 Å². The van der Waals surface area contributed by atoms with Crippen molar-refractivity contribution in [1.82, 2.24) is 20.4 Å². The highest BCUT2D eigenvalue weighted by Crippen LogP contribution is 2.34. The van der Waals surface area contributed by atoms with Crippen molar-refractivity contribution in [1.29, 1.82) is 0 Å². The van der Waals surface area contributed by atoms with Crippen molar-refractivity contribution in [3.63, 3.8) is 0 Å². The lowest BCUT2D eigenvalue weighted by Crippen LogP contribution is -2.48. The van der Waals surface area contributed by atoms with Crippen molar-refractivity contribution in [2.24, 2.45) is 0 Å². The number of hydrogen-bond donors (Lipinski definition) is 2. The van der Waals surface area contributed by atoms with Gasteiger partial charge in [-0.15, -0.1) is 0 Å². The van der Waals surface area contributed by atoms with Gasteiger partial charge in [-0.1, -0.05) is 30.3 Å². The molecule has 182 valence electrons. The van der Waals surface area contributed by atoms with Crippen LogP contribution in [0.2, 0.25) is 0 Å². The molecule has 3 amide bonds. The first-order chi connectivity index (χ1) is 17.0. The van der Waals surface area contributed by atoms with Crippen molar-refractivity contribution in [2.45, 2.75) is 25.3 Å². The zero-order chi connectivity index (χ0) is 24.4. The Kier molecular flexibility index (Phi) is 6.63. The number of amides is 3. The SMILES string of the molecule is O=C(CCN1CCc2cccc3c2C1CNC3=O)NCC(=O)N1CC=C(c2ccc(F)cc2)CC1. The van der Waals surface area contributed by atoms with E-state index in [4.69, 9.17) is 0 Å². The molecular weight excluding hydrogens is 447 g/mol. The molecule has 3 aliphatic rings. The summed E-state index contributed by atoms with van der Waals surface area (Å²) >= 11 is 0. The number of carbonyl (C=O) groups is 3. The Balaban J connectivity index is 1.09. The van der Waals surface area contributed by atoms with Gasteiger partial charge in [-0.3, -0.25) is 19.3 Å². The Hall–Kier alpha value is -3.52. The number of benzene rings is 2. The van der Waals surface area contributed by atoms with Crippen LogP contribution in [0.3, 0.4) is 0 Å². The van der Waals surface area contributed by atoms with Crippen LogP contribution in [-0.2, 0) is 16.0 Å². The number of halogens is 1. The molecule has 3 heterocycles. The molecule has 2 aromatic rings. The molecule has 5 rings (SSSR count). The molecule has 3 aliphatic heterocycles. The van der Waals surface area contributed by atoms with E-state index < -0.39 is 0 Å². The number of carbonyl (C=O) groups excluding carboxylic acids is 3. The second-order valence-corrected chi connectivity index (χ2v) is 9.24. The normalized spacial score (nSPS) is 19.5. The minimum atomic E-state index is -0.266. The predicted molar refractivity (Wildman–Crippen MR) is 130 cm³/mol. The van der Waals surface area contributed by atoms with Crippen LogP contribution >= 0.6 is 0 Å². The molecule has 0 fully saturated rings. The van der Waals surface area contributed by atoms with Crippen LogP contribution < -0.4 is 10.6 Å². The minimum Gasteiger partial charge on any atom is -0.350 e. The molecule has 0 radical (unpaired) electrons. The van der Waals surface area contributed by atoms with Crippen LogP contribution in [0, 0.1) is 5.82 Å². The highest BCUT2D eigenvalue weighted by molar-refractivity contribution is 5.97. The Morgan fingerprint density at radius 3 is 2.69 bits per heavy atom. The third-order valence-corrected chi connectivity index (χ3v) is 7.18. The van der Waals surface area contributed by atoms with Gasteiger partial charge in [0.1, 0.15) is 5.82 Å². The molecule has 1 atom stereocenters. The van der Waals surface area contributed by atoms with Crippen molar-refractivity contribution < 1.29 is 18.8 Å². The van der Waals surface area contributed by atoms with Gasteiger partial charge in [-0.2, -0.15) is 0 Å². The number of hydrogen-bond acceptors (Lipinski definition) is 4. The van der Waals surface area contributed by atoms with Crippen molar-refractivity contribution >= 4 is 23.3 Å². The van der Waals surface area contributed by atoms with E-state index in [0.717, 1.165) is 35.2 Å². The molecule has 8 heteroatoms. The summed E-state index contributed by atoms with van der Waals surface area (Å²) in [5.74, 6) is -0.567. The number of nitrogens with zero attached hydrogens (tertiary/aromatic N) is 2. The van der Waals surface area contributed by atoms with E-state index in [2.05, 4.69) is 21.6 Å². The van der Waals surface area contributed by atoms with E-state index >= 15 is 0 Å². The van der Waals surface area contributed by atoms with E-state index in [1.807, 2.05) is 18.2 Å². The maximum atomic E-state index is 13.1. The fourth-order valence-electron chi connectivity index (χ4n) is 5.25. The van der Waals surface area contributed by atoms with Crippen molar-refractivity contribution in [3.05, 3.63) is 76.6 Å². The molecule has 0 spiro atoms. The first kappa shape index (κ1) is 23.2. The fraction of sp³-hybridized carbons (Fsp3) is 0.370. The first-order valence-electron chi connectivity index (χ1n) is 12.1. The maximum Gasteiger partial charge on any atom is 0.251 e. The molecule has 2 N–H and O–H groups in total. The lowest BCUT2D eigenvalue weighted by atomic mass is 9.86. The molecule has 35 heavy (non-hydrogen) atoms. The zero-order valence-electron chi connectivity index (χ0n) is 19.6. The Morgan fingerprint density at radius 2 is 1.91 bits per heavy atom. The summed E-state index contributed by atoms with van der Waals surface area (Å²) in [6.07, 6.45) is 3.84. The molecule has 2 aromatic carbocycles. The van der Waals surface area contributed by atoms with E-state index in [1.54, 1.807) is 17.0 Å². The number of nitrogens with one attached hydrogen (secondary N) is 2. The second-order valence-electron chi connectivity index (χ2n) is 9.24. The van der Waals surface area contributed by atoms with Gasteiger partial charge >= 0.3 is 0 Å². The monoisotopic (exact) mass is 476 g/mol. The third-order valence-electron chi connectivity index (χ3n) is 7.18. The van der Waals surface area contributed by atoms with Gasteiger partial charge in [0.05, 0.1) is 12.6 Å². The zero-order valence-corrected chi connectivity index (χ0v) is 19.6. The average Bonchev–Trinajstić information content (AvgIpc) is 2.89. The largest absolute Gasteiger partial charge is 0.350 e. The van der Waals surface area contributed by atoms with Gasteiger partial charge in [0, 0.05) is 44.7 Å². The molecule has 0 aliphatic carbocycles. The van der Waals surface area contributed by atoms with Crippen LogP contribution in [0.15, 0.2) is 48.5 Å². The lowest BCUT2D eigenvalue weighted by molar-refractivity contribution is -0.132. The van der Waals surface area contributed by atoms with E-state index in [9.17, 15) is 18.8 Å². The van der Waals surface area contributed by atoms with Crippen molar-refractivity contribution in [3.8, 4) is 0 Å². The quantitative estimate of drug-likeness (QED) is 0.671. The van der Waals surface area contributed by atoms with Gasteiger partial charge < -0.3 is 15.5 Å². The fourth-order valence-corrected chi connectivity index (χ4v) is 5.25. The topological polar surface area (TPSA) is 81.8 Å². The molecule has 1 unspecified atom stereocenters. The summed E-state index contributed by atoms with van der Waals surface area (Å²) in [5, 5.41) is 5.72. The molecular formula is C27H29FN4O3. The Labute approximate surface area is 204 Å². The van der Waals surface area contributed by atoms with Crippen LogP contribution in [0.25, 0.3) is 5.57 Å². The Bertz CT molecular complexity index is 1180. The smallest absolute Gasteiger partial charge is 0.251 e. The summed E-state index contributed by atoms with van der Waals surface area (Å²) in [6.45, 7) is 2.98. The van der Waals surface area contributed by atoms with E-state index in [1.165, 1.54) is 17.7 Å². The van der Waals surface area contributed by atoms with Gasteiger partial charge in [-0.05, 0) is 53.3 Å². The predicted octanol–water partition coefficient (Wildman–Crippen LogP) is 2.29. The summed E-state index contributed by atoms with van der Waals surface area (Å²) in [4.78, 5) is 41.3. The highest BCUT2D eigenvalue weighted by atomic mass is 19.1. The lowest BCUT2D eigenvalue weighted by Gasteiger charge is -2.40. The van der Waals surface area contributed by atoms with Gasteiger partial charge in [0.25, 0.3) is 5.91 Å². The summed E-state index contributed by atoms with van der Waals surface area (Å²) in [7, 11) is 0. The summed E-state index contributed by atoms with van der Waals surface area (Å²) < 4.78 is 13.1. The molecule has 7 nitrogen and oxygen atoms in total. The van der Waals surface area contributed by atoms with E-state index in [0.29, 0.717) is 39.0 Å². The summed E-state index contributed by atoms with van der Waals surface area (Å²) in [5.41, 5.74) is 5.11. The van der Waals surface area contributed by atoms with Gasteiger partial charge in [0.2, 0.25) is 11.8 Å². The van der Waals surface area contributed by atoms with Gasteiger partial charge in [0.15, 0.2) is 0 Å². The molecule has 0 aromatic heterocycles. The van der Waals surface area contributed by atoms with Crippen LogP contribution in [0.5, 0.6) is 0 Å². The third kappa shape index (κ3) is 4.98. The van der Waals surface area contributed by atoms with Gasteiger partial charge in [-0.25, -0.2) is 4.39 Å². The molecule has 0 saturated heterocycles. The number of rotatable bonds is 6. The second kappa shape index (κ2) is 10.00. The van der Waals surface area contributed by atoms with Crippen LogP contribution in [0.4, 0.5) is 4.39 Å². The minimum absolute atomic E-state index is 0.0228.